The zero-order valence-electron chi connectivity index (χ0n) is 9.84. The van der Waals surface area contributed by atoms with Crippen molar-refractivity contribution in [3.63, 3.8) is 0 Å². The number of H-pyrrole nitrogens is 1. The molecule has 0 aliphatic carbocycles. The zero-order chi connectivity index (χ0) is 14.0. The largest absolute Gasteiger partial charge is 0.262 e. The molecule has 9 heteroatoms. The number of rotatable bonds is 4. The summed E-state index contributed by atoms with van der Waals surface area (Å²) in [5.74, 6) is 0.450. The molecule has 0 fully saturated rings. The van der Waals surface area contributed by atoms with E-state index in [1.165, 1.54) is 31.6 Å². The number of halogens is 2. The van der Waals surface area contributed by atoms with Crippen LogP contribution in [0.2, 0.25) is 10.0 Å². The van der Waals surface area contributed by atoms with Crippen LogP contribution in [-0.2, 0) is 16.6 Å². The van der Waals surface area contributed by atoms with E-state index in [2.05, 4.69) is 15.2 Å². The highest BCUT2D eigenvalue weighted by atomic mass is 35.5. The molecule has 0 saturated carbocycles. The third-order valence-electron chi connectivity index (χ3n) is 2.44. The van der Waals surface area contributed by atoms with Crippen molar-refractivity contribution in [2.75, 3.05) is 7.05 Å². The molecule has 1 aromatic carbocycles. The first-order valence-electron chi connectivity index (χ1n) is 5.17. The van der Waals surface area contributed by atoms with Gasteiger partial charge in [0.2, 0.25) is 10.0 Å². The fourth-order valence-corrected chi connectivity index (χ4v) is 2.94. The predicted octanol–water partition coefficient (Wildman–Crippen LogP) is 1.93. The summed E-state index contributed by atoms with van der Waals surface area (Å²) in [7, 11) is -2.21. The van der Waals surface area contributed by atoms with E-state index in [1.54, 1.807) is 0 Å². The van der Waals surface area contributed by atoms with E-state index in [9.17, 15) is 8.42 Å². The van der Waals surface area contributed by atoms with E-state index < -0.39 is 10.0 Å². The molecule has 19 heavy (non-hydrogen) atoms. The van der Waals surface area contributed by atoms with Crippen molar-refractivity contribution < 1.29 is 8.42 Å². The van der Waals surface area contributed by atoms with Crippen molar-refractivity contribution in [2.45, 2.75) is 11.4 Å². The van der Waals surface area contributed by atoms with E-state index in [4.69, 9.17) is 23.2 Å². The Morgan fingerprint density at radius 1 is 1.32 bits per heavy atom. The average molecular weight is 321 g/mol. The normalized spacial score (nSPS) is 12.0. The Kier molecular flexibility index (Phi) is 4.10. The second kappa shape index (κ2) is 5.46. The topological polar surface area (TPSA) is 79.0 Å². The zero-order valence-corrected chi connectivity index (χ0v) is 12.2. The highest BCUT2D eigenvalue weighted by Crippen LogP contribution is 2.26. The van der Waals surface area contributed by atoms with E-state index in [0.29, 0.717) is 10.8 Å². The Balaban J connectivity index is 2.28. The molecule has 1 N–H and O–H groups in total. The van der Waals surface area contributed by atoms with Gasteiger partial charge in [0.05, 0.1) is 21.5 Å². The van der Waals surface area contributed by atoms with Crippen LogP contribution in [0.4, 0.5) is 0 Å². The van der Waals surface area contributed by atoms with Crippen LogP contribution in [-0.4, -0.2) is 35.0 Å². The van der Waals surface area contributed by atoms with E-state index in [-0.39, 0.29) is 16.5 Å². The maximum Gasteiger partial charge on any atom is 0.243 e. The van der Waals surface area contributed by atoms with Gasteiger partial charge in [-0.15, -0.1) is 0 Å². The number of nitrogens with zero attached hydrogens (tertiary/aromatic N) is 3. The van der Waals surface area contributed by atoms with Crippen LogP contribution in [0.1, 0.15) is 5.82 Å². The van der Waals surface area contributed by atoms with Crippen LogP contribution in [0, 0.1) is 0 Å². The molecule has 0 aliphatic rings. The Morgan fingerprint density at radius 2 is 2.05 bits per heavy atom. The van der Waals surface area contributed by atoms with E-state index in [1.807, 2.05) is 0 Å². The van der Waals surface area contributed by atoms with Gasteiger partial charge < -0.3 is 0 Å². The van der Waals surface area contributed by atoms with Crippen molar-refractivity contribution in [3.8, 4) is 0 Å². The molecule has 0 saturated heterocycles. The summed E-state index contributed by atoms with van der Waals surface area (Å²) in [4.78, 5) is 3.95. The average Bonchev–Trinajstić information content (AvgIpc) is 2.85. The Morgan fingerprint density at radius 3 is 2.63 bits per heavy atom. The van der Waals surface area contributed by atoms with Gasteiger partial charge >= 0.3 is 0 Å². The van der Waals surface area contributed by atoms with Gasteiger partial charge in [0.15, 0.2) is 0 Å². The van der Waals surface area contributed by atoms with Crippen LogP contribution in [0.15, 0.2) is 29.4 Å². The first-order valence-corrected chi connectivity index (χ1v) is 7.36. The minimum absolute atomic E-state index is 0.0731. The van der Waals surface area contributed by atoms with Crippen molar-refractivity contribution in [2.24, 2.45) is 0 Å². The van der Waals surface area contributed by atoms with Gasteiger partial charge in [-0.25, -0.2) is 13.4 Å². The van der Waals surface area contributed by atoms with Gasteiger partial charge in [0.25, 0.3) is 0 Å². The van der Waals surface area contributed by atoms with Crippen LogP contribution in [0.3, 0.4) is 0 Å². The summed E-state index contributed by atoms with van der Waals surface area (Å²) in [5.41, 5.74) is 0. The molecule has 0 unspecified atom stereocenters. The predicted molar refractivity (Wildman–Crippen MR) is 71.5 cm³/mol. The highest BCUT2D eigenvalue weighted by molar-refractivity contribution is 7.89. The minimum Gasteiger partial charge on any atom is -0.262 e. The molecule has 0 atom stereocenters. The maximum absolute atomic E-state index is 12.3. The van der Waals surface area contributed by atoms with Crippen molar-refractivity contribution in [1.82, 2.24) is 19.5 Å². The third kappa shape index (κ3) is 3.06. The van der Waals surface area contributed by atoms with Crippen LogP contribution in [0.25, 0.3) is 0 Å². The standard InChI is InChI=1S/C10H10Cl2N4O2S/c1-16(5-10-13-6-14-15-10)19(17,18)7-2-3-8(11)9(12)4-7/h2-4,6H,5H2,1H3,(H,13,14,15). The molecule has 6 nitrogen and oxygen atoms in total. The third-order valence-corrected chi connectivity index (χ3v) is 4.98. The molecule has 0 spiro atoms. The smallest absolute Gasteiger partial charge is 0.243 e. The first kappa shape index (κ1) is 14.3. The van der Waals surface area contributed by atoms with Crippen LogP contribution < -0.4 is 0 Å². The van der Waals surface area contributed by atoms with Crippen molar-refractivity contribution in [1.29, 1.82) is 0 Å². The number of benzene rings is 1. The van der Waals surface area contributed by atoms with Gasteiger partial charge in [-0.1, -0.05) is 23.2 Å². The lowest BCUT2D eigenvalue weighted by Gasteiger charge is -2.16. The summed E-state index contributed by atoms with van der Waals surface area (Å²) >= 11 is 11.6. The number of hydrogen-bond donors (Lipinski definition) is 1. The maximum atomic E-state index is 12.3. The molecule has 2 aromatic rings. The second-order valence-corrected chi connectivity index (χ2v) is 6.63. The van der Waals surface area contributed by atoms with E-state index in [0.717, 1.165) is 4.31 Å². The van der Waals surface area contributed by atoms with Crippen LogP contribution in [0.5, 0.6) is 0 Å². The molecule has 1 heterocycles. The molecule has 2 rings (SSSR count). The Labute approximate surface area is 120 Å². The Hall–Kier alpha value is -1.15. The lowest BCUT2D eigenvalue weighted by Crippen LogP contribution is -2.27. The fourth-order valence-electron chi connectivity index (χ4n) is 1.42. The lowest BCUT2D eigenvalue weighted by molar-refractivity contribution is 0.457. The number of sulfonamides is 1. The monoisotopic (exact) mass is 320 g/mol. The van der Waals surface area contributed by atoms with Gasteiger partial charge in [-0.3, -0.25) is 5.10 Å². The molecule has 1 aromatic heterocycles. The second-order valence-electron chi connectivity index (χ2n) is 3.77. The van der Waals surface area contributed by atoms with E-state index >= 15 is 0 Å². The number of hydrogen-bond acceptors (Lipinski definition) is 4. The van der Waals surface area contributed by atoms with Crippen molar-refractivity contribution in [3.05, 3.63) is 40.4 Å². The summed E-state index contributed by atoms with van der Waals surface area (Å²) < 4.78 is 25.7. The molecule has 0 radical (unpaired) electrons. The van der Waals surface area contributed by atoms with Gasteiger partial charge in [-0.05, 0) is 18.2 Å². The van der Waals surface area contributed by atoms with Crippen LogP contribution >= 0.6 is 23.2 Å². The summed E-state index contributed by atoms with van der Waals surface area (Å²) in [6, 6.07) is 4.16. The lowest BCUT2D eigenvalue weighted by atomic mass is 10.4. The SMILES string of the molecule is CN(Cc1ncn[nH]1)S(=O)(=O)c1ccc(Cl)c(Cl)c1. The van der Waals surface area contributed by atoms with Gasteiger partial charge in [0.1, 0.15) is 12.2 Å². The van der Waals surface area contributed by atoms with Gasteiger partial charge in [-0.2, -0.15) is 9.40 Å². The fraction of sp³-hybridized carbons (Fsp3) is 0.200. The summed E-state index contributed by atoms with van der Waals surface area (Å²) in [6.07, 6.45) is 1.31. The Bertz CT molecular complexity index is 673. The molecule has 0 amide bonds. The number of aromatic nitrogens is 3. The quantitative estimate of drug-likeness (QED) is 0.933. The summed E-state index contributed by atoms with van der Waals surface area (Å²) in [6.45, 7) is 0.0859. The molecular formula is C10H10Cl2N4O2S. The molecular weight excluding hydrogens is 311 g/mol. The molecule has 0 bridgehead atoms. The number of nitrogens with one attached hydrogen (secondary N) is 1. The molecule has 0 aliphatic heterocycles. The van der Waals surface area contributed by atoms with Gasteiger partial charge in [0, 0.05) is 7.05 Å². The molecule has 102 valence electrons. The minimum atomic E-state index is -3.65. The number of aromatic amines is 1. The summed E-state index contributed by atoms with van der Waals surface area (Å²) in [5, 5.41) is 6.75. The van der Waals surface area contributed by atoms with Crippen molar-refractivity contribution >= 4 is 33.2 Å². The first-order chi connectivity index (χ1) is 8.91. The highest BCUT2D eigenvalue weighted by Gasteiger charge is 2.22.